The third kappa shape index (κ3) is 3.86. The predicted octanol–water partition coefficient (Wildman–Crippen LogP) is 1.32. The average Bonchev–Trinajstić information content (AvgIpc) is 2.67. The molecule has 0 atom stereocenters. The fourth-order valence-electron chi connectivity index (χ4n) is 1.88. The van der Waals surface area contributed by atoms with Gasteiger partial charge in [-0.25, -0.2) is 0 Å². The summed E-state index contributed by atoms with van der Waals surface area (Å²) < 4.78 is 11.1. The van der Waals surface area contributed by atoms with Gasteiger partial charge < -0.3 is 20.5 Å². The van der Waals surface area contributed by atoms with E-state index in [2.05, 4.69) is 5.32 Å². The summed E-state index contributed by atoms with van der Waals surface area (Å²) in [6.07, 6.45) is 2.67. The molecule has 104 valence electrons. The molecule has 5 nitrogen and oxygen atoms in total. The molecule has 0 saturated carbocycles. The third-order valence-electron chi connectivity index (χ3n) is 2.93. The van der Waals surface area contributed by atoms with Gasteiger partial charge in [0.15, 0.2) is 11.5 Å². The van der Waals surface area contributed by atoms with Crippen LogP contribution in [0.2, 0.25) is 0 Å². The van der Waals surface area contributed by atoms with E-state index >= 15 is 0 Å². The Bertz CT molecular complexity index is 435. The average molecular weight is 264 g/mol. The molecule has 1 heterocycles. The van der Waals surface area contributed by atoms with Gasteiger partial charge in [-0.2, -0.15) is 0 Å². The van der Waals surface area contributed by atoms with Gasteiger partial charge in [0.25, 0.3) is 5.91 Å². The lowest BCUT2D eigenvalue weighted by atomic mass is 10.2. The summed E-state index contributed by atoms with van der Waals surface area (Å²) in [6, 6.07) is 5.28. The van der Waals surface area contributed by atoms with E-state index in [1.54, 1.807) is 18.2 Å². The number of nitrogens with two attached hydrogens (primary N) is 1. The molecule has 1 aliphatic rings. The quantitative estimate of drug-likeness (QED) is 0.787. The van der Waals surface area contributed by atoms with Gasteiger partial charge in [0.1, 0.15) is 0 Å². The Kier molecular flexibility index (Phi) is 5.03. The second-order valence-corrected chi connectivity index (χ2v) is 4.46. The maximum absolute atomic E-state index is 11.9. The summed E-state index contributed by atoms with van der Waals surface area (Å²) in [7, 11) is 0. The molecule has 0 aromatic heterocycles. The Morgan fingerprint density at radius 2 is 2.00 bits per heavy atom. The van der Waals surface area contributed by atoms with Crippen molar-refractivity contribution >= 4 is 5.91 Å². The molecule has 1 aliphatic heterocycles. The van der Waals surface area contributed by atoms with Crippen LogP contribution in [0.3, 0.4) is 0 Å². The number of rotatable bonds is 5. The number of benzene rings is 1. The van der Waals surface area contributed by atoms with Gasteiger partial charge in [0.2, 0.25) is 0 Å². The van der Waals surface area contributed by atoms with E-state index < -0.39 is 0 Å². The van der Waals surface area contributed by atoms with Gasteiger partial charge in [-0.3, -0.25) is 4.79 Å². The molecule has 0 aliphatic carbocycles. The Morgan fingerprint density at radius 3 is 2.79 bits per heavy atom. The van der Waals surface area contributed by atoms with Crippen LogP contribution in [0, 0.1) is 0 Å². The highest BCUT2D eigenvalue weighted by Crippen LogP contribution is 2.30. The first-order chi connectivity index (χ1) is 9.31. The largest absolute Gasteiger partial charge is 0.490 e. The lowest BCUT2D eigenvalue weighted by Gasteiger charge is -2.09. The van der Waals surface area contributed by atoms with E-state index in [1.165, 1.54) is 0 Å². The molecule has 0 spiro atoms. The van der Waals surface area contributed by atoms with Crippen LogP contribution in [0.15, 0.2) is 18.2 Å². The van der Waals surface area contributed by atoms with Crippen LogP contribution < -0.4 is 20.5 Å². The van der Waals surface area contributed by atoms with Crippen LogP contribution in [0.1, 0.15) is 29.6 Å². The highest BCUT2D eigenvalue weighted by Gasteiger charge is 2.13. The Labute approximate surface area is 113 Å². The Balaban J connectivity index is 1.96. The molecule has 5 heteroatoms. The minimum atomic E-state index is -0.0901. The minimum Gasteiger partial charge on any atom is -0.490 e. The summed E-state index contributed by atoms with van der Waals surface area (Å²) in [5.74, 6) is 1.26. The number of ether oxygens (including phenoxy) is 2. The van der Waals surface area contributed by atoms with E-state index in [1.807, 2.05) is 0 Å². The smallest absolute Gasteiger partial charge is 0.251 e. The molecular formula is C14H20N2O3. The Hall–Kier alpha value is -1.75. The molecule has 19 heavy (non-hydrogen) atoms. The van der Waals surface area contributed by atoms with E-state index in [9.17, 15) is 4.79 Å². The lowest BCUT2D eigenvalue weighted by molar-refractivity contribution is 0.0952. The highest BCUT2D eigenvalue weighted by atomic mass is 16.5. The van der Waals surface area contributed by atoms with Gasteiger partial charge in [0.05, 0.1) is 13.2 Å². The fraction of sp³-hybridized carbons (Fsp3) is 0.500. The van der Waals surface area contributed by atoms with Crippen LogP contribution >= 0.6 is 0 Å². The number of unbranched alkanes of at least 4 members (excludes halogenated alkanes) is 1. The topological polar surface area (TPSA) is 73.6 Å². The first-order valence-corrected chi connectivity index (χ1v) is 6.69. The van der Waals surface area contributed by atoms with Gasteiger partial charge >= 0.3 is 0 Å². The number of carbonyl (C=O) groups excluding carboxylic acids is 1. The maximum Gasteiger partial charge on any atom is 0.251 e. The Morgan fingerprint density at radius 1 is 1.21 bits per heavy atom. The molecule has 0 unspecified atom stereocenters. The SMILES string of the molecule is NCCCCNC(=O)c1ccc2c(c1)OCCCO2. The molecule has 2 rings (SSSR count). The third-order valence-corrected chi connectivity index (χ3v) is 2.93. The number of carbonyl (C=O) groups is 1. The second-order valence-electron chi connectivity index (χ2n) is 4.46. The second kappa shape index (κ2) is 6.99. The van der Waals surface area contributed by atoms with Crippen LogP contribution in [-0.4, -0.2) is 32.2 Å². The lowest BCUT2D eigenvalue weighted by Crippen LogP contribution is -2.24. The zero-order valence-electron chi connectivity index (χ0n) is 11.0. The maximum atomic E-state index is 11.9. The number of hydrogen-bond donors (Lipinski definition) is 2. The predicted molar refractivity (Wildman–Crippen MR) is 72.7 cm³/mol. The summed E-state index contributed by atoms with van der Waals surface area (Å²) in [6.45, 7) is 2.57. The summed E-state index contributed by atoms with van der Waals surface area (Å²) in [5.41, 5.74) is 6.00. The van der Waals surface area contributed by atoms with Crippen molar-refractivity contribution in [3.05, 3.63) is 23.8 Å². The van der Waals surface area contributed by atoms with Crippen molar-refractivity contribution in [3.63, 3.8) is 0 Å². The van der Waals surface area contributed by atoms with E-state index in [0.29, 0.717) is 43.4 Å². The molecule has 1 aromatic carbocycles. The number of fused-ring (bicyclic) bond motifs is 1. The van der Waals surface area contributed by atoms with Crippen LogP contribution in [0.25, 0.3) is 0 Å². The van der Waals surface area contributed by atoms with Crippen molar-refractivity contribution in [2.45, 2.75) is 19.3 Å². The molecule has 1 aromatic rings. The van der Waals surface area contributed by atoms with Crippen LogP contribution in [0.4, 0.5) is 0 Å². The van der Waals surface area contributed by atoms with E-state index in [-0.39, 0.29) is 5.91 Å². The number of amides is 1. The fourth-order valence-corrected chi connectivity index (χ4v) is 1.88. The summed E-state index contributed by atoms with van der Waals surface area (Å²) in [5, 5.41) is 2.87. The summed E-state index contributed by atoms with van der Waals surface area (Å²) in [4.78, 5) is 11.9. The van der Waals surface area contributed by atoms with E-state index in [4.69, 9.17) is 15.2 Å². The monoisotopic (exact) mass is 264 g/mol. The standard InChI is InChI=1S/C14H20N2O3/c15-6-1-2-7-16-14(17)11-4-5-12-13(10-11)19-9-3-8-18-12/h4-5,10H,1-3,6-9,15H2,(H,16,17). The molecule has 0 bridgehead atoms. The van der Waals surface area contributed by atoms with Gasteiger partial charge in [-0.05, 0) is 37.6 Å². The van der Waals surface area contributed by atoms with Crippen molar-refractivity contribution in [1.82, 2.24) is 5.32 Å². The first-order valence-electron chi connectivity index (χ1n) is 6.69. The summed E-state index contributed by atoms with van der Waals surface area (Å²) >= 11 is 0. The molecule has 1 amide bonds. The van der Waals surface area contributed by atoms with Crippen LogP contribution in [-0.2, 0) is 0 Å². The molecule has 3 N–H and O–H groups in total. The van der Waals surface area contributed by atoms with Crippen molar-refractivity contribution in [2.24, 2.45) is 5.73 Å². The van der Waals surface area contributed by atoms with Gasteiger partial charge in [-0.15, -0.1) is 0 Å². The number of hydrogen-bond acceptors (Lipinski definition) is 4. The van der Waals surface area contributed by atoms with Gasteiger partial charge in [0, 0.05) is 18.5 Å². The van der Waals surface area contributed by atoms with E-state index in [0.717, 1.165) is 19.3 Å². The normalized spacial score (nSPS) is 13.7. The minimum absolute atomic E-state index is 0.0901. The molecule has 0 radical (unpaired) electrons. The van der Waals surface area contributed by atoms with Gasteiger partial charge in [-0.1, -0.05) is 0 Å². The van der Waals surface area contributed by atoms with Crippen molar-refractivity contribution < 1.29 is 14.3 Å². The highest BCUT2D eigenvalue weighted by molar-refractivity contribution is 5.94. The molecule has 0 fully saturated rings. The molecule has 0 saturated heterocycles. The van der Waals surface area contributed by atoms with Crippen molar-refractivity contribution in [1.29, 1.82) is 0 Å². The van der Waals surface area contributed by atoms with Crippen molar-refractivity contribution in [2.75, 3.05) is 26.3 Å². The molecular weight excluding hydrogens is 244 g/mol. The van der Waals surface area contributed by atoms with Crippen molar-refractivity contribution in [3.8, 4) is 11.5 Å². The zero-order valence-corrected chi connectivity index (χ0v) is 11.0. The van der Waals surface area contributed by atoms with Crippen LogP contribution in [0.5, 0.6) is 11.5 Å². The first kappa shape index (κ1) is 13.7. The zero-order chi connectivity index (χ0) is 13.5. The number of nitrogens with one attached hydrogen (secondary N) is 1.